The number of carboxylic acid groups (broad SMARTS) is 1. The Morgan fingerprint density at radius 3 is 2.43 bits per heavy atom. The second-order valence-electron chi connectivity index (χ2n) is 7.82. The number of nitrogens with one attached hydrogen (secondary N) is 1. The number of fused-ring (bicyclic) bond motifs is 4. The van der Waals surface area contributed by atoms with Crippen molar-refractivity contribution in [2.75, 3.05) is 17.8 Å². The van der Waals surface area contributed by atoms with Gasteiger partial charge in [-0.3, -0.25) is 14.3 Å². The Balaban J connectivity index is 1.63. The average molecular weight is 431 g/mol. The number of carbonyl (C=O) groups is 2. The zero-order valence-corrected chi connectivity index (χ0v) is 17.1. The van der Waals surface area contributed by atoms with Gasteiger partial charge in [0.05, 0.1) is 4.90 Å². The molecule has 1 aromatic heterocycles. The van der Waals surface area contributed by atoms with Crippen LogP contribution in [0.25, 0.3) is 0 Å². The molecule has 4 rings (SSSR count). The van der Waals surface area contributed by atoms with E-state index in [1.54, 1.807) is 18.2 Å². The Labute approximate surface area is 173 Å². The first-order chi connectivity index (χ1) is 14.2. The summed E-state index contributed by atoms with van der Waals surface area (Å²) in [5.74, 6) is -2.67. The Morgan fingerprint density at radius 1 is 1.07 bits per heavy atom. The van der Waals surface area contributed by atoms with Crippen LogP contribution in [0.5, 0.6) is 0 Å². The van der Waals surface area contributed by atoms with E-state index in [2.05, 4.69) is 4.72 Å². The minimum absolute atomic E-state index is 0.0437. The van der Waals surface area contributed by atoms with Crippen molar-refractivity contribution in [2.45, 2.75) is 30.7 Å². The number of benzene rings is 1. The Kier molecular flexibility index (Phi) is 4.89. The summed E-state index contributed by atoms with van der Waals surface area (Å²) in [5, 5.41) is 8.98. The number of aliphatic carboxylic acids is 1. The monoisotopic (exact) mass is 431 g/mol. The largest absolute Gasteiger partial charge is 0.474 e. The summed E-state index contributed by atoms with van der Waals surface area (Å²) in [6, 6.07) is 9.42. The van der Waals surface area contributed by atoms with E-state index in [1.165, 1.54) is 27.7 Å². The van der Waals surface area contributed by atoms with Gasteiger partial charge in [-0.05, 0) is 43.5 Å². The number of likely N-dealkylation sites (tertiary alicyclic amines) is 1. The maximum Gasteiger partial charge on any atom is 0.394 e. The van der Waals surface area contributed by atoms with Crippen molar-refractivity contribution >= 4 is 27.6 Å². The van der Waals surface area contributed by atoms with Crippen molar-refractivity contribution in [3.8, 4) is 0 Å². The van der Waals surface area contributed by atoms with Gasteiger partial charge in [0, 0.05) is 31.2 Å². The maximum atomic E-state index is 13.0. The van der Waals surface area contributed by atoms with Gasteiger partial charge >= 0.3 is 11.9 Å². The normalized spacial score (nSPS) is 20.4. The molecule has 0 radical (unpaired) electrons. The van der Waals surface area contributed by atoms with Crippen LogP contribution in [-0.2, 0) is 26.2 Å². The predicted molar refractivity (Wildman–Crippen MR) is 108 cm³/mol. The molecule has 158 valence electrons. The number of aryl methyl sites for hydroxylation is 1. The summed E-state index contributed by atoms with van der Waals surface area (Å²) in [4.78, 5) is 37.2. The number of carboxylic acids is 1. The smallest absolute Gasteiger partial charge is 0.394 e. The van der Waals surface area contributed by atoms with Crippen LogP contribution in [0.4, 0.5) is 5.69 Å². The van der Waals surface area contributed by atoms with Crippen molar-refractivity contribution < 1.29 is 23.1 Å². The van der Waals surface area contributed by atoms with Crippen LogP contribution in [0.15, 0.2) is 46.1 Å². The number of carbonyl (C=O) groups excluding carboxylic acids is 1. The minimum atomic E-state index is -3.91. The molecule has 0 aliphatic carbocycles. The second-order valence-corrected chi connectivity index (χ2v) is 9.50. The lowest BCUT2D eigenvalue weighted by atomic mass is 9.83. The van der Waals surface area contributed by atoms with E-state index in [9.17, 15) is 22.8 Å². The second kappa shape index (κ2) is 7.28. The van der Waals surface area contributed by atoms with E-state index >= 15 is 0 Å². The molecule has 0 spiro atoms. The number of amides is 1. The van der Waals surface area contributed by atoms with Gasteiger partial charge in [0.2, 0.25) is 0 Å². The Morgan fingerprint density at radius 2 is 1.77 bits per heavy atom. The van der Waals surface area contributed by atoms with Crippen molar-refractivity contribution in [2.24, 2.45) is 5.92 Å². The van der Waals surface area contributed by atoms with Gasteiger partial charge in [0.25, 0.3) is 15.6 Å². The molecule has 2 aliphatic heterocycles. The highest BCUT2D eigenvalue weighted by Crippen LogP contribution is 2.35. The van der Waals surface area contributed by atoms with Crippen molar-refractivity contribution in [1.29, 1.82) is 0 Å². The lowest BCUT2D eigenvalue weighted by Crippen LogP contribution is -2.51. The number of nitrogens with zero attached hydrogens (tertiary/aromatic N) is 2. The molecule has 1 amide bonds. The first kappa shape index (κ1) is 20.1. The number of piperidine rings is 1. The molecule has 9 nitrogen and oxygen atoms in total. The molecule has 1 saturated heterocycles. The molecule has 2 unspecified atom stereocenters. The van der Waals surface area contributed by atoms with E-state index in [4.69, 9.17) is 5.11 Å². The van der Waals surface area contributed by atoms with Crippen molar-refractivity contribution in [1.82, 2.24) is 9.47 Å². The molecular formula is C20H21N3O6S. The number of hydrogen-bond acceptors (Lipinski definition) is 5. The summed E-state index contributed by atoms with van der Waals surface area (Å²) in [6.07, 6.45) is 0.747. The van der Waals surface area contributed by atoms with Crippen LogP contribution in [0.2, 0.25) is 0 Å². The quantitative estimate of drug-likeness (QED) is 0.698. The fraction of sp³-hybridized carbons (Fsp3) is 0.350. The molecular weight excluding hydrogens is 410 g/mol. The van der Waals surface area contributed by atoms with Crippen LogP contribution in [0.1, 0.15) is 23.6 Å². The molecule has 0 saturated carbocycles. The van der Waals surface area contributed by atoms with Crippen LogP contribution in [0.3, 0.4) is 0 Å². The first-order valence-corrected chi connectivity index (χ1v) is 11.0. The Bertz CT molecular complexity index is 1190. The van der Waals surface area contributed by atoms with E-state index in [1.807, 2.05) is 6.92 Å². The van der Waals surface area contributed by atoms with Crippen molar-refractivity contribution in [3.05, 3.63) is 58.0 Å². The summed E-state index contributed by atoms with van der Waals surface area (Å²) >= 11 is 0. The predicted octanol–water partition coefficient (Wildman–Crippen LogP) is 0.988. The third-order valence-electron chi connectivity index (χ3n) is 5.65. The standard InChI is InChI=1S/C20H21N3O6S/c1-12-2-4-15(5-3-12)30(28,29)21-16-6-7-17-14-8-13(10-23(17)18(16)24)9-22(11-14)19(25)20(26)27/h2-7,13-14,21H,8-11H2,1H3,(H,26,27). The van der Waals surface area contributed by atoms with Gasteiger partial charge in [0.15, 0.2) is 0 Å². The highest BCUT2D eigenvalue weighted by atomic mass is 32.2. The number of pyridine rings is 1. The maximum absolute atomic E-state index is 13.0. The lowest BCUT2D eigenvalue weighted by Gasteiger charge is -2.42. The zero-order chi connectivity index (χ0) is 21.6. The molecule has 1 fully saturated rings. The fourth-order valence-electron chi connectivity index (χ4n) is 4.25. The zero-order valence-electron chi connectivity index (χ0n) is 16.2. The lowest BCUT2D eigenvalue weighted by molar-refractivity contribution is -0.157. The van der Waals surface area contributed by atoms with E-state index in [0.717, 1.165) is 12.0 Å². The third-order valence-corrected chi connectivity index (χ3v) is 7.03. The van der Waals surface area contributed by atoms with Gasteiger partial charge in [-0.15, -0.1) is 0 Å². The van der Waals surface area contributed by atoms with Crippen LogP contribution < -0.4 is 10.3 Å². The molecule has 2 N–H and O–H groups in total. The van der Waals surface area contributed by atoms with Crippen LogP contribution >= 0.6 is 0 Å². The summed E-state index contributed by atoms with van der Waals surface area (Å²) in [6.45, 7) is 2.62. The van der Waals surface area contributed by atoms with Gasteiger partial charge in [0.1, 0.15) is 5.69 Å². The van der Waals surface area contributed by atoms with E-state index in [-0.39, 0.29) is 35.5 Å². The van der Waals surface area contributed by atoms with Crippen LogP contribution in [0, 0.1) is 12.8 Å². The van der Waals surface area contributed by atoms with E-state index < -0.39 is 27.5 Å². The van der Waals surface area contributed by atoms with Gasteiger partial charge in [-0.25, -0.2) is 13.2 Å². The van der Waals surface area contributed by atoms with Crippen LogP contribution in [-0.4, -0.2) is 48.0 Å². The summed E-state index contributed by atoms with van der Waals surface area (Å²) in [7, 11) is -3.91. The van der Waals surface area contributed by atoms with Gasteiger partial charge in [-0.2, -0.15) is 0 Å². The molecule has 10 heteroatoms. The molecule has 2 bridgehead atoms. The summed E-state index contributed by atoms with van der Waals surface area (Å²) in [5.41, 5.74) is 1.11. The SMILES string of the molecule is Cc1ccc(S(=O)(=O)Nc2ccc3n(c2=O)CC2CC3CN(C(=O)C(=O)O)C2)cc1. The van der Waals surface area contributed by atoms with Crippen molar-refractivity contribution in [3.63, 3.8) is 0 Å². The highest BCUT2D eigenvalue weighted by molar-refractivity contribution is 7.92. The highest BCUT2D eigenvalue weighted by Gasteiger charge is 2.38. The topological polar surface area (TPSA) is 126 Å². The van der Waals surface area contributed by atoms with Gasteiger partial charge < -0.3 is 14.6 Å². The minimum Gasteiger partial charge on any atom is -0.474 e. The number of hydrogen-bond donors (Lipinski definition) is 2. The summed E-state index contributed by atoms with van der Waals surface area (Å²) < 4.78 is 29.2. The molecule has 30 heavy (non-hydrogen) atoms. The molecule has 2 atom stereocenters. The molecule has 2 aromatic rings. The average Bonchev–Trinajstić information content (AvgIpc) is 2.70. The fourth-order valence-corrected chi connectivity index (χ4v) is 5.30. The Hall–Kier alpha value is -3.14. The van der Waals surface area contributed by atoms with E-state index in [0.29, 0.717) is 12.2 Å². The molecule has 1 aromatic carbocycles. The number of rotatable bonds is 3. The van der Waals surface area contributed by atoms with Gasteiger partial charge in [-0.1, -0.05) is 17.7 Å². The third kappa shape index (κ3) is 3.58. The number of anilines is 1. The number of aromatic nitrogens is 1. The first-order valence-electron chi connectivity index (χ1n) is 9.51. The molecule has 2 aliphatic rings. The number of sulfonamides is 1. The molecule has 3 heterocycles.